The van der Waals surface area contributed by atoms with Crippen molar-refractivity contribution in [1.29, 1.82) is 0 Å². The Bertz CT molecular complexity index is 3390. The quantitative estimate of drug-likeness (QED) is 0.145. The van der Waals surface area contributed by atoms with Crippen LogP contribution in [-0.2, 0) is 0 Å². The molecule has 0 amide bonds. The van der Waals surface area contributed by atoms with Crippen molar-refractivity contribution in [2.24, 2.45) is 0 Å². The molecule has 0 spiro atoms. The number of nitrogens with zero attached hydrogens (tertiary/aromatic N) is 4. The van der Waals surface area contributed by atoms with E-state index in [1.807, 2.05) is 0 Å². The van der Waals surface area contributed by atoms with E-state index < -0.39 is 0 Å². The summed E-state index contributed by atoms with van der Waals surface area (Å²) in [5, 5.41) is 2.45. The largest absolute Gasteiger partial charge is 0.310 e. The lowest BCUT2D eigenvalue weighted by atomic mass is 9.97. The molecular weight excluding hydrogens is 789 g/mol. The zero-order valence-electron chi connectivity index (χ0n) is 36.7. The normalized spacial score (nSPS) is 11.3. The molecule has 0 saturated heterocycles. The summed E-state index contributed by atoms with van der Waals surface area (Å²) in [4.78, 5) is 12.5. The first-order valence-corrected chi connectivity index (χ1v) is 22.2. The molecule has 0 unspecified atom stereocenters. The molecule has 0 saturated carbocycles. The third-order valence-corrected chi connectivity index (χ3v) is 12.4. The van der Waals surface area contributed by atoms with Crippen LogP contribution in [0, 0.1) is 20.8 Å². The van der Waals surface area contributed by atoms with Crippen molar-refractivity contribution < 1.29 is 0 Å². The number of anilines is 3. The molecule has 0 radical (unpaired) electrons. The fraction of sp³-hybridized carbons (Fsp3) is 0.0492. The highest BCUT2D eigenvalue weighted by Crippen LogP contribution is 2.40. The van der Waals surface area contributed by atoms with Crippen molar-refractivity contribution in [3.05, 3.63) is 241 Å². The van der Waals surface area contributed by atoms with Crippen LogP contribution < -0.4 is 4.90 Å². The molecule has 0 aliphatic heterocycles. The van der Waals surface area contributed by atoms with E-state index in [2.05, 4.69) is 255 Å². The number of benzene rings is 9. The van der Waals surface area contributed by atoms with Gasteiger partial charge in [-0.3, -0.25) is 0 Å². The Hall–Kier alpha value is -8.34. The van der Waals surface area contributed by atoms with E-state index in [1.54, 1.807) is 0 Å². The summed E-state index contributed by atoms with van der Waals surface area (Å²) in [5.74, 6) is 0.726. The van der Waals surface area contributed by atoms with E-state index >= 15 is 0 Å². The summed E-state index contributed by atoms with van der Waals surface area (Å²) in [6.45, 7) is 6.44. The first-order chi connectivity index (χ1) is 31.9. The van der Waals surface area contributed by atoms with Gasteiger partial charge in [0.2, 0.25) is 0 Å². The van der Waals surface area contributed by atoms with Crippen LogP contribution in [0.5, 0.6) is 0 Å². The maximum atomic E-state index is 5.09. The van der Waals surface area contributed by atoms with E-state index in [-0.39, 0.29) is 0 Å². The average molecular weight is 835 g/mol. The van der Waals surface area contributed by atoms with Gasteiger partial charge in [-0.05, 0) is 127 Å². The number of fused-ring (bicyclic) bond motifs is 3. The van der Waals surface area contributed by atoms with Gasteiger partial charge >= 0.3 is 0 Å². The SMILES string of the molecule is Cc1cccc(-c2cc(-c3ccc(-c4ccc(-c5ccc(-n6c7ccccc7c7cc(N(c8ccccc8)c8ccccc8)ccc76)c(C)c5)cc4)cc3)nc(-c3cccc(C)c3)n2)c1. The number of hydrogen-bond acceptors (Lipinski definition) is 3. The second-order valence-corrected chi connectivity index (χ2v) is 16.9. The molecule has 0 aliphatic carbocycles. The van der Waals surface area contributed by atoms with Crippen LogP contribution >= 0.6 is 0 Å². The zero-order chi connectivity index (χ0) is 43.9. The smallest absolute Gasteiger partial charge is 0.160 e. The Kier molecular flexibility index (Phi) is 10.2. The molecule has 11 rings (SSSR count). The Labute approximate surface area is 380 Å². The predicted octanol–water partition coefficient (Wildman–Crippen LogP) is 16.3. The van der Waals surface area contributed by atoms with Gasteiger partial charge in [0.25, 0.3) is 0 Å². The second-order valence-electron chi connectivity index (χ2n) is 16.9. The van der Waals surface area contributed by atoms with E-state index in [0.717, 1.165) is 56.5 Å². The lowest BCUT2D eigenvalue weighted by molar-refractivity contribution is 1.15. The van der Waals surface area contributed by atoms with Crippen molar-refractivity contribution in [3.8, 4) is 61.8 Å². The number of rotatable bonds is 9. The molecule has 310 valence electrons. The third kappa shape index (κ3) is 7.66. The van der Waals surface area contributed by atoms with E-state index in [9.17, 15) is 0 Å². The van der Waals surface area contributed by atoms with Crippen molar-refractivity contribution in [1.82, 2.24) is 14.5 Å². The molecule has 11 aromatic rings. The van der Waals surface area contributed by atoms with Gasteiger partial charge in [0, 0.05) is 50.2 Å². The average Bonchev–Trinajstić information content (AvgIpc) is 3.68. The molecule has 0 N–H and O–H groups in total. The molecule has 4 nitrogen and oxygen atoms in total. The van der Waals surface area contributed by atoms with E-state index in [0.29, 0.717) is 0 Å². The van der Waals surface area contributed by atoms with Crippen molar-refractivity contribution in [2.45, 2.75) is 20.8 Å². The molecule has 2 aromatic heterocycles. The van der Waals surface area contributed by atoms with Gasteiger partial charge in [-0.2, -0.15) is 0 Å². The summed E-state index contributed by atoms with van der Waals surface area (Å²) in [6.07, 6.45) is 0. The molecule has 65 heavy (non-hydrogen) atoms. The monoisotopic (exact) mass is 834 g/mol. The molecule has 2 heterocycles. The standard InChI is InChI=1S/C61H46N4/c1-41-14-12-16-49(36-41)57-40-56(62-61(63-57)50-17-13-15-42(2)37-50)47-30-28-45(29-31-47)44-24-26-46(27-25-44)48-32-34-58(43(3)38-48)65-59-23-11-10-22-54(59)55-39-53(33-35-60(55)65)64(51-18-6-4-7-19-51)52-20-8-5-9-21-52/h4-40H,1-3H3. The zero-order valence-corrected chi connectivity index (χ0v) is 36.7. The molecule has 0 bridgehead atoms. The van der Waals surface area contributed by atoms with Crippen LogP contribution in [0.3, 0.4) is 0 Å². The minimum absolute atomic E-state index is 0.726. The molecule has 0 fully saturated rings. The first kappa shape index (κ1) is 39.5. The molecular formula is C61H46N4. The van der Waals surface area contributed by atoms with Crippen LogP contribution in [0.15, 0.2) is 224 Å². The van der Waals surface area contributed by atoms with Crippen LogP contribution in [-0.4, -0.2) is 14.5 Å². The number of aromatic nitrogens is 3. The molecule has 0 atom stereocenters. The van der Waals surface area contributed by atoms with Crippen molar-refractivity contribution in [2.75, 3.05) is 4.90 Å². The summed E-state index contributed by atoms with van der Waals surface area (Å²) in [7, 11) is 0. The fourth-order valence-electron chi connectivity index (χ4n) is 9.20. The number of hydrogen-bond donors (Lipinski definition) is 0. The number of para-hydroxylation sites is 3. The van der Waals surface area contributed by atoms with Crippen LogP contribution in [0.2, 0.25) is 0 Å². The minimum atomic E-state index is 0.726. The third-order valence-electron chi connectivity index (χ3n) is 12.4. The highest BCUT2D eigenvalue weighted by Gasteiger charge is 2.19. The highest BCUT2D eigenvalue weighted by molar-refractivity contribution is 6.11. The summed E-state index contributed by atoms with van der Waals surface area (Å²) >= 11 is 0. The Morgan fingerprint density at radius 3 is 1.49 bits per heavy atom. The van der Waals surface area contributed by atoms with Gasteiger partial charge in [-0.15, -0.1) is 0 Å². The van der Waals surface area contributed by atoms with Crippen LogP contribution in [0.1, 0.15) is 16.7 Å². The van der Waals surface area contributed by atoms with Gasteiger partial charge in [-0.1, -0.05) is 157 Å². The van der Waals surface area contributed by atoms with Crippen molar-refractivity contribution >= 4 is 38.9 Å². The minimum Gasteiger partial charge on any atom is -0.310 e. The maximum absolute atomic E-state index is 5.09. The Morgan fingerprint density at radius 1 is 0.338 bits per heavy atom. The second kappa shape index (κ2) is 16.7. The Balaban J connectivity index is 0.888. The van der Waals surface area contributed by atoms with Gasteiger partial charge < -0.3 is 9.47 Å². The van der Waals surface area contributed by atoms with Gasteiger partial charge in [0.15, 0.2) is 5.82 Å². The highest BCUT2D eigenvalue weighted by atomic mass is 15.1. The van der Waals surface area contributed by atoms with Crippen LogP contribution in [0.4, 0.5) is 17.1 Å². The fourth-order valence-corrected chi connectivity index (χ4v) is 9.20. The topological polar surface area (TPSA) is 34.0 Å². The van der Waals surface area contributed by atoms with E-state index in [1.165, 1.54) is 60.9 Å². The summed E-state index contributed by atoms with van der Waals surface area (Å²) in [6, 6.07) is 80.3. The lowest BCUT2D eigenvalue weighted by Gasteiger charge is -2.25. The summed E-state index contributed by atoms with van der Waals surface area (Å²) < 4.78 is 2.42. The van der Waals surface area contributed by atoms with Gasteiger partial charge in [0.05, 0.1) is 22.4 Å². The predicted molar refractivity (Wildman–Crippen MR) is 272 cm³/mol. The van der Waals surface area contributed by atoms with Gasteiger partial charge in [0.1, 0.15) is 0 Å². The van der Waals surface area contributed by atoms with Crippen molar-refractivity contribution in [3.63, 3.8) is 0 Å². The van der Waals surface area contributed by atoms with Gasteiger partial charge in [-0.25, -0.2) is 9.97 Å². The molecule has 4 heteroatoms. The summed E-state index contributed by atoms with van der Waals surface area (Å²) in [5.41, 5.74) is 20.2. The van der Waals surface area contributed by atoms with Crippen LogP contribution in [0.25, 0.3) is 83.6 Å². The molecule has 9 aromatic carbocycles. The first-order valence-electron chi connectivity index (χ1n) is 22.2. The maximum Gasteiger partial charge on any atom is 0.160 e. The number of aryl methyl sites for hydroxylation is 3. The lowest BCUT2D eigenvalue weighted by Crippen LogP contribution is -2.09. The Morgan fingerprint density at radius 2 is 0.862 bits per heavy atom. The van der Waals surface area contributed by atoms with E-state index in [4.69, 9.17) is 9.97 Å². The molecule has 0 aliphatic rings.